The Morgan fingerprint density at radius 1 is 0.655 bits per heavy atom. The molecule has 2 aromatic carbocycles. The van der Waals surface area contributed by atoms with Gasteiger partial charge in [-0.15, -0.1) is 0 Å². The van der Waals surface area contributed by atoms with Crippen molar-refractivity contribution in [1.82, 2.24) is 0 Å². The van der Waals surface area contributed by atoms with E-state index in [2.05, 4.69) is 74.5 Å². The molecule has 0 nitrogen and oxygen atoms in total. The number of halogens is 2. The first-order chi connectivity index (χ1) is 13.3. The van der Waals surface area contributed by atoms with E-state index in [1.807, 2.05) is 6.56 Å². The van der Waals surface area contributed by atoms with E-state index in [0.29, 0.717) is 11.8 Å². The molecule has 0 saturated heterocycles. The van der Waals surface area contributed by atoms with E-state index in [1.165, 1.54) is 49.7 Å². The van der Waals surface area contributed by atoms with E-state index in [0.717, 1.165) is 0 Å². The Labute approximate surface area is 200 Å². The summed E-state index contributed by atoms with van der Waals surface area (Å²) in [4.78, 5) is 0. The van der Waals surface area contributed by atoms with Crippen molar-refractivity contribution in [3.63, 3.8) is 0 Å². The summed E-state index contributed by atoms with van der Waals surface area (Å²) in [5, 5.41) is 0. The van der Waals surface area contributed by atoms with Crippen LogP contribution in [0.3, 0.4) is 0 Å². The molecule has 2 atom stereocenters. The molecule has 3 heteroatoms. The first kappa shape index (κ1) is 24.7. The summed E-state index contributed by atoms with van der Waals surface area (Å²) in [6.07, 6.45) is 13.1. The second-order valence-electron chi connectivity index (χ2n) is 7.97. The van der Waals surface area contributed by atoms with Crippen LogP contribution in [0, 0.1) is 0 Å². The fourth-order valence-electron chi connectivity index (χ4n) is 4.64. The van der Waals surface area contributed by atoms with Gasteiger partial charge < -0.3 is 24.8 Å². The van der Waals surface area contributed by atoms with Crippen LogP contribution in [0.2, 0.25) is 0 Å². The summed E-state index contributed by atoms with van der Waals surface area (Å²) in [6, 6.07) is 18.3. The Hall–Kier alpha value is -0.617. The van der Waals surface area contributed by atoms with Crippen LogP contribution in [0.25, 0.3) is 12.2 Å². The molecule has 0 N–H and O–H groups in total. The number of allylic oxidation sites excluding steroid dienone is 2. The minimum Gasteiger partial charge on any atom is -1.00 e. The third kappa shape index (κ3) is 5.36. The van der Waals surface area contributed by atoms with Crippen molar-refractivity contribution in [3.05, 3.63) is 77.3 Å². The van der Waals surface area contributed by atoms with Crippen LogP contribution in [-0.2, 0) is 23.2 Å². The van der Waals surface area contributed by atoms with Crippen LogP contribution in [-0.4, -0.2) is 0 Å². The quantitative estimate of drug-likeness (QED) is 0.514. The molecule has 2 aliphatic rings. The fraction of sp³-hybridized carbons (Fsp3) is 0.385. The van der Waals surface area contributed by atoms with E-state index in [-0.39, 0.29) is 24.8 Å². The van der Waals surface area contributed by atoms with E-state index in [4.69, 9.17) is 0 Å². The van der Waals surface area contributed by atoms with Crippen molar-refractivity contribution < 1.29 is 48.0 Å². The molecule has 0 amide bonds. The van der Waals surface area contributed by atoms with Crippen LogP contribution < -0.4 is 24.8 Å². The van der Waals surface area contributed by atoms with Gasteiger partial charge in [0.25, 0.3) is 0 Å². The number of fused-ring (bicyclic) bond motifs is 2. The second kappa shape index (κ2) is 11.7. The monoisotopic (exact) mass is 502 g/mol. The van der Waals surface area contributed by atoms with Crippen molar-refractivity contribution in [2.45, 2.75) is 64.2 Å². The van der Waals surface area contributed by atoms with E-state index in [1.54, 1.807) is 11.1 Å². The fourth-order valence-corrected chi connectivity index (χ4v) is 8.91. The number of unbranched alkanes of at least 4 members (excludes halogenated alkanes) is 2. The average molecular weight is 505 g/mol. The molecule has 2 aromatic rings. The van der Waals surface area contributed by atoms with Crippen LogP contribution in [0.4, 0.5) is 0 Å². The van der Waals surface area contributed by atoms with Gasteiger partial charge in [0.2, 0.25) is 0 Å². The number of rotatable bonds is 8. The summed E-state index contributed by atoms with van der Waals surface area (Å²) in [6.45, 7) is 4.64. The summed E-state index contributed by atoms with van der Waals surface area (Å²) >= 11 is -0.737. The minimum atomic E-state index is -0.737. The zero-order chi connectivity index (χ0) is 18.6. The molecular formula is C26H30Cl2Zr. The van der Waals surface area contributed by atoms with Crippen LogP contribution >= 0.6 is 0 Å². The van der Waals surface area contributed by atoms with Crippen molar-refractivity contribution in [2.24, 2.45) is 0 Å². The van der Waals surface area contributed by atoms with Gasteiger partial charge in [-0.25, -0.2) is 0 Å². The topological polar surface area (TPSA) is 0 Å². The molecule has 0 bridgehead atoms. The Kier molecular flexibility index (Phi) is 9.93. The van der Waals surface area contributed by atoms with Gasteiger partial charge in [-0.3, -0.25) is 0 Å². The molecule has 0 spiro atoms. The molecule has 0 aliphatic heterocycles. The first-order valence-electron chi connectivity index (χ1n) is 10.7. The molecule has 2 unspecified atom stereocenters. The Morgan fingerprint density at radius 2 is 1.07 bits per heavy atom. The Balaban J connectivity index is 0.00000150. The molecule has 0 saturated carbocycles. The zero-order valence-electron chi connectivity index (χ0n) is 17.4. The smallest absolute Gasteiger partial charge is 1.00 e. The number of hydrogen-bond donors (Lipinski definition) is 0. The Morgan fingerprint density at radius 3 is 1.48 bits per heavy atom. The van der Waals surface area contributed by atoms with Gasteiger partial charge in [0.1, 0.15) is 0 Å². The summed E-state index contributed by atoms with van der Waals surface area (Å²) < 4.78 is 3.63. The molecule has 29 heavy (non-hydrogen) atoms. The van der Waals surface area contributed by atoms with Crippen molar-refractivity contribution in [3.8, 4) is 0 Å². The normalized spacial score (nSPS) is 18.6. The minimum absolute atomic E-state index is 0. The van der Waals surface area contributed by atoms with Gasteiger partial charge in [0.15, 0.2) is 0 Å². The van der Waals surface area contributed by atoms with Crippen molar-refractivity contribution in [1.29, 1.82) is 0 Å². The van der Waals surface area contributed by atoms with E-state index in [9.17, 15) is 0 Å². The third-order valence-electron chi connectivity index (χ3n) is 6.10. The van der Waals surface area contributed by atoms with Gasteiger partial charge in [-0.05, 0) is 0 Å². The molecule has 2 aliphatic carbocycles. The SMILES string of the molecule is CCCCC1[C]([Zr+2][C]2=Cc3ccccc3C2CCCC)=Cc2ccccc21.[Cl-].[Cl-]. The molecule has 0 aromatic heterocycles. The molecule has 4 rings (SSSR count). The Bertz CT molecular complexity index is 797. The predicted octanol–water partition coefficient (Wildman–Crippen LogP) is 1.73. The maximum absolute atomic E-state index is 2.57. The van der Waals surface area contributed by atoms with Crippen molar-refractivity contribution in [2.75, 3.05) is 0 Å². The van der Waals surface area contributed by atoms with E-state index < -0.39 is 23.2 Å². The molecule has 0 heterocycles. The standard InChI is InChI=1S/2C13H15.2ClH.Zr/c2*1-2-3-6-11-9-10-12-7-4-5-8-13(11)12;;;/h2*4-5,7-8,10-11H,2-3,6H2,1H3;2*1H;/q;;;;+2/p-2. The zero-order valence-corrected chi connectivity index (χ0v) is 21.4. The van der Waals surface area contributed by atoms with Crippen LogP contribution in [0.1, 0.15) is 86.5 Å². The van der Waals surface area contributed by atoms with Crippen molar-refractivity contribution >= 4 is 12.2 Å². The summed E-state index contributed by atoms with van der Waals surface area (Å²) in [7, 11) is 0. The maximum atomic E-state index is 2.57. The van der Waals surface area contributed by atoms with Gasteiger partial charge in [0, 0.05) is 0 Å². The van der Waals surface area contributed by atoms with Crippen LogP contribution in [0.15, 0.2) is 55.1 Å². The van der Waals surface area contributed by atoms with Crippen LogP contribution in [0.5, 0.6) is 0 Å². The molecule has 0 radical (unpaired) electrons. The van der Waals surface area contributed by atoms with Gasteiger partial charge in [-0.1, -0.05) is 0 Å². The molecular weight excluding hydrogens is 474 g/mol. The second-order valence-corrected chi connectivity index (χ2v) is 11.4. The van der Waals surface area contributed by atoms with Gasteiger partial charge in [-0.2, -0.15) is 0 Å². The maximum Gasteiger partial charge on any atom is -1.00 e. The van der Waals surface area contributed by atoms with Gasteiger partial charge in [0.05, 0.1) is 0 Å². The average Bonchev–Trinajstić information content (AvgIpc) is 3.22. The third-order valence-corrected chi connectivity index (χ3v) is 9.94. The molecule has 152 valence electrons. The first-order valence-corrected chi connectivity index (χ1v) is 13.2. The predicted molar refractivity (Wildman–Crippen MR) is 113 cm³/mol. The van der Waals surface area contributed by atoms with Gasteiger partial charge >= 0.3 is 177 Å². The molecule has 0 fully saturated rings. The van der Waals surface area contributed by atoms with E-state index >= 15 is 0 Å². The summed E-state index contributed by atoms with van der Waals surface area (Å²) in [5.41, 5.74) is 6.19. The largest absolute Gasteiger partial charge is 1.00 e. The number of hydrogen-bond acceptors (Lipinski definition) is 0. The number of benzene rings is 2. The summed E-state index contributed by atoms with van der Waals surface area (Å²) in [5.74, 6) is 1.40.